The molecule has 0 fully saturated rings. The highest BCUT2D eigenvalue weighted by molar-refractivity contribution is 5.84. The van der Waals surface area contributed by atoms with Crippen molar-refractivity contribution < 1.29 is 4.74 Å². The van der Waals surface area contributed by atoms with Crippen LogP contribution in [0.25, 0.3) is 11.0 Å². The molecule has 0 bridgehead atoms. The fraction of sp³-hybridized carbons (Fsp3) is 0.278. The number of aromatic nitrogens is 2. The van der Waals surface area contributed by atoms with E-state index in [1.807, 2.05) is 13.0 Å². The summed E-state index contributed by atoms with van der Waals surface area (Å²) in [6.45, 7) is 2.03. The van der Waals surface area contributed by atoms with E-state index in [1.54, 1.807) is 0 Å². The van der Waals surface area contributed by atoms with Crippen molar-refractivity contribution in [2.24, 2.45) is 7.05 Å². The zero-order valence-electron chi connectivity index (χ0n) is 12.3. The van der Waals surface area contributed by atoms with Gasteiger partial charge in [0.15, 0.2) is 5.75 Å². The number of ether oxygens (including phenoxy) is 1. The number of nitrogens with zero attached hydrogens (tertiary/aromatic N) is 2. The third-order valence-corrected chi connectivity index (χ3v) is 4.42. The summed E-state index contributed by atoms with van der Waals surface area (Å²) in [5.74, 6) is 1.99. The maximum atomic E-state index is 6.32. The molecule has 106 valence electrons. The Labute approximate surface area is 124 Å². The number of rotatable bonds is 1. The van der Waals surface area contributed by atoms with Gasteiger partial charge in [-0.05, 0) is 37.0 Å². The van der Waals surface area contributed by atoms with Gasteiger partial charge in [0.05, 0.1) is 5.52 Å². The summed E-state index contributed by atoms with van der Waals surface area (Å²) in [5, 5.41) is 0. The predicted octanol–water partition coefficient (Wildman–Crippen LogP) is 3.95. The second-order valence-corrected chi connectivity index (χ2v) is 5.70. The molecular formula is C18H18N2O. The second-order valence-electron chi connectivity index (χ2n) is 5.70. The van der Waals surface area contributed by atoms with Crippen LogP contribution in [0.5, 0.6) is 5.75 Å². The lowest BCUT2D eigenvalue weighted by Crippen LogP contribution is -2.15. The fourth-order valence-electron chi connectivity index (χ4n) is 3.11. The summed E-state index contributed by atoms with van der Waals surface area (Å²) in [6.07, 6.45) is 2.20. The molecule has 0 unspecified atom stereocenters. The molecule has 0 N–H and O–H groups in total. The van der Waals surface area contributed by atoms with E-state index in [-0.39, 0.29) is 6.10 Å². The van der Waals surface area contributed by atoms with Crippen molar-refractivity contribution in [2.75, 3.05) is 0 Å². The summed E-state index contributed by atoms with van der Waals surface area (Å²) in [5.41, 5.74) is 4.65. The van der Waals surface area contributed by atoms with E-state index in [0.717, 1.165) is 35.4 Å². The van der Waals surface area contributed by atoms with E-state index in [1.165, 1.54) is 11.1 Å². The summed E-state index contributed by atoms with van der Waals surface area (Å²) in [7, 11) is 2.05. The highest BCUT2D eigenvalue weighted by Gasteiger charge is 2.24. The molecule has 1 aromatic heterocycles. The molecule has 2 aromatic carbocycles. The van der Waals surface area contributed by atoms with Gasteiger partial charge in [-0.1, -0.05) is 36.4 Å². The zero-order chi connectivity index (χ0) is 14.4. The van der Waals surface area contributed by atoms with E-state index >= 15 is 0 Å². The Morgan fingerprint density at radius 2 is 1.95 bits per heavy atom. The van der Waals surface area contributed by atoms with Crippen LogP contribution in [0.1, 0.15) is 29.5 Å². The maximum Gasteiger partial charge on any atom is 0.151 e. The summed E-state index contributed by atoms with van der Waals surface area (Å²) < 4.78 is 8.44. The minimum Gasteiger partial charge on any atom is -0.483 e. The van der Waals surface area contributed by atoms with Crippen molar-refractivity contribution >= 4 is 11.0 Å². The Morgan fingerprint density at radius 3 is 2.76 bits per heavy atom. The van der Waals surface area contributed by atoms with E-state index < -0.39 is 0 Å². The highest BCUT2D eigenvalue weighted by atomic mass is 16.5. The lowest BCUT2D eigenvalue weighted by molar-refractivity contribution is 0.179. The number of imidazole rings is 1. The van der Waals surface area contributed by atoms with Crippen molar-refractivity contribution in [1.29, 1.82) is 0 Å². The molecule has 2 heterocycles. The average Bonchev–Trinajstić information content (AvgIpc) is 2.83. The van der Waals surface area contributed by atoms with Gasteiger partial charge in [-0.25, -0.2) is 4.98 Å². The quantitative estimate of drug-likeness (QED) is 0.674. The van der Waals surface area contributed by atoms with Crippen LogP contribution in [0.15, 0.2) is 42.5 Å². The lowest BCUT2D eigenvalue weighted by atomic mass is 9.97. The minimum atomic E-state index is 0.131. The molecular weight excluding hydrogens is 260 g/mol. The van der Waals surface area contributed by atoms with Gasteiger partial charge in [-0.3, -0.25) is 0 Å². The van der Waals surface area contributed by atoms with Gasteiger partial charge in [0.2, 0.25) is 0 Å². The van der Waals surface area contributed by atoms with Crippen LogP contribution in [-0.4, -0.2) is 9.55 Å². The van der Waals surface area contributed by atoms with Crippen LogP contribution < -0.4 is 4.74 Å². The van der Waals surface area contributed by atoms with E-state index in [2.05, 4.69) is 48.0 Å². The highest BCUT2D eigenvalue weighted by Crippen LogP contribution is 2.39. The van der Waals surface area contributed by atoms with Crippen LogP contribution in [0.4, 0.5) is 0 Å². The van der Waals surface area contributed by atoms with Gasteiger partial charge >= 0.3 is 0 Å². The van der Waals surface area contributed by atoms with Gasteiger partial charge in [0, 0.05) is 7.05 Å². The standard InChI is InChI=1S/C18H18N2O/c1-12-19-17-15(20(12)2)10-8-14-9-11-16(21-18(14)17)13-6-4-3-5-7-13/h3-8,10,16H,9,11H2,1-2H3/t16-/m1/s1. The first-order chi connectivity index (χ1) is 10.2. The van der Waals surface area contributed by atoms with Gasteiger partial charge in [0.25, 0.3) is 0 Å². The lowest BCUT2D eigenvalue weighted by Gasteiger charge is -2.26. The average molecular weight is 278 g/mol. The van der Waals surface area contributed by atoms with Crippen molar-refractivity contribution in [1.82, 2.24) is 9.55 Å². The summed E-state index contributed by atoms with van der Waals surface area (Å²) in [4.78, 5) is 4.69. The first-order valence-corrected chi connectivity index (χ1v) is 7.40. The molecule has 0 radical (unpaired) electrons. The summed E-state index contributed by atoms with van der Waals surface area (Å²) >= 11 is 0. The Balaban J connectivity index is 1.82. The van der Waals surface area contributed by atoms with E-state index in [4.69, 9.17) is 9.72 Å². The first-order valence-electron chi connectivity index (χ1n) is 7.40. The van der Waals surface area contributed by atoms with E-state index in [0.29, 0.717) is 0 Å². The molecule has 0 spiro atoms. The third-order valence-electron chi connectivity index (χ3n) is 4.42. The zero-order valence-corrected chi connectivity index (χ0v) is 12.3. The molecule has 3 nitrogen and oxygen atoms in total. The summed E-state index contributed by atoms with van der Waals surface area (Å²) in [6, 6.07) is 14.8. The van der Waals surface area contributed by atoms with Crippen LogP contribution in [-0.2, 0) is 13.5 Å². The van der Waals surface area contributed by atoms with Crippen molar-refractivity contribution in [2.45, 2.75) is 25.9 Å². The number of aryl methyl sites for hydroxylation is 3. The largest absolute Gasteiger partial charge is 0.483 e. The molecule has 0 amide bonds. The molecule has 3 heteroatoms. The predicted molar refractivity (Wildman–Crippen MR) is 83.6 cm³/mol. The molecule has 1 aliphatic heterocycles. The molecule has 0 saturated carbocycles. The van der Waals surface area contributed by atoms with Crippen LogP contribution in [0.3, 0.4) is 0 Å². The van der Waals surface area contributed by atoms with Crippen LogP contribution in [0, 0.1) is 6.92 Å². The maximum absolute atomic E-state index is 6.32. The Bertz CT molecular complexity index is 805. The molecule has 1 aliphatic rings. The van der Waals surface area contributed by atoms with Crippen LogP contribution >= 0.6 is 0 Å². The molecule has 3 aromatic rings. The monoisotopic (exact) mass is 278 g/mol. The first kappa shape index (κ1) is 12.5. The van der Waals surface area contributed by atoms with Crippen LogP contribution in [0.2, 0.25) is 0 Å². The van der Waals surface area contributed by atoms with E-state index in [9.17, 15) is 0 Å². The van der Waals surface area contributed by atoms with Crippen molar-refractivity contribution in [3.05, 3.63) is 59.4 Å². The molecule has 0 aliphatic carbocycles. The normalized spacial score (nSPS) is 17.5. The van der Waals surface area contributed by atoms with Crippen molar-refractivity contribution in [3.63, 3.8) is 0 Å². The molecule has 1 atom stereocenters. The van der Waals surface area contributed by atoms with Gasteiger partial charge < -0.3 is 9.30 Å². The van der Waals surface area contributed by atoms with Gasteiger partial charge in [-0.15, -0.1) is 0 Å². The number of fused-ring (bicyclic) bond motifs is 3. The Kier molecular flexibility index (Phi) is 2.74. The second kappa shape index (κ2) is 4.62. The fourth-order valence-corrected chi connectivity index (χ4v) is 3.11. The number of hydrogen-bond donors (Lipinski definition) is 0. The topological polar surface area (TPSA) is 27.1 Å². The minimum absolute atomic E-state index is 0.131. The molecule has 21 heavy (non-hydrogen) atoms. The number of hydrogen-bond acceptors (Lipinski definition) is 2. The third kappa shape index (κ3) is 1.92. The smallest absolute Gasteiger partial charge is 0.151 e. The Morgan fingerprint density at radius 1 is 1.14 bits per heavy atom. The number of benzene rings is 2. The van der Waals surface area contributed by atoms with Gasteiger partial charge in [0.1, 0.15) is 17.4 Å². The molecule has 4 rings (SSSR count). The van der Waals surface area contributed by atoms with Gasteiger partial charge in [-0.2, -0.15) is 0 Å². The molecule has 0 saturated heterocycles. The van der Waals surface area contributed by atoms with Crippen molar-refractivity contribution in [3.8, 4) is 5.75 Å². The SMILES string of the molecule is Cc1nc2c3c(ccc2n1C)CC[C@H](c1ccccc1)O3. The Hall–Kier alpha value is -2.29.